The van der Waals surface area contributed by atoms with E-state index >= 15 is 0 Å². The van der Waals surface area contributed by atoms with Gasteiger partial charge in [-0.15, -0.1) is 0 Å². The average molecular weight is 353 g/mol. The van der Waals surface area contributed by atoms with Crippen molar-refractivity contribution in [3.05, 3.63) is 6.20 Å². The monoisotopic (exact) mass is 353 g/mol. The number of nitrogen functional groups attached to an aromatic ring is 1. The Bertz CT molecular complexity index is 618. The van der Waals surface area contributed by atoms with Crippen molar-refractivity contribution in [3.63, 3.8) is 0 Å². The van der Waals surface area contributed by atoms with Crippen LogP contribution in [0.2, 0.25) is 0 Å². The zero-order valence-corrected chi connectivity index (χ0v) is 14.7. The van der Waals surface area contributed by atoms with Crippen LogP contribution in [0.5, 0.6) is 0 Å². The first-order valence-corrected chi connectivity index (χ1v) is 9.05. The molecule has 1 aromatic heterocycles. The van der Waals surface area contributed by atoms with Crippen LogP contribution in [-0.4, -0.2) is 55.0 Å². The van der Waals surface area contributed by atoms with Crippen LogP contribution >= 0.6 is 0 Å². The van der Waals surface area contributed by atoms with Crippen LogP contribution in [0.3, 0.4) is 0 Å². The van der Waals surface area contributed by atoms with E-state index in [-0.39, 0.29) is 28.4 Å². The van der Waals surface area contributed by atoms with Crippen LogP contribution in [-0.2, 0) is 9.53 Å². The third-order valence-corrected chi connectivity index (χ3v) is 5.24. The van der Waals surface area contributed by atoms with E-state index in [1.54, 1.807) is 18.0 Å². The first kappa shape index (κ1) is 17.7. The second-order valence-corrected chi connectivity index (χ2v) is 6.75. The van der Waals surface area contributed by atoms with Gasteiger partial charge >= 0.3 is 24.1 Å². The van der Waals surface area contributed by atoms with E-state index in [1.807, 2.05) is 0 Å². The van der Waals surface area contributed by atoms with E-state index in [9.17, 15) is 9.59 Å². The van der Waals surface area contributed by atoms with E-state index in [0.717, 1.165) is 25.7 Å². The van der Waals surface area contributed by atoms with E-state index in [4.69, 9.17) is 15.0 Å². The molecule has 2 amide bonds. The number of piperazine rings is 1. The molecule has 1 aliphatic carbocycles. The van der Waals surface area contributed by atoms with Crippen molar-refractivity contribution in [1.82, 2.24) is 14.8 Å². The Balaban J connectivity index is 1.82. The highest BCUT2D eigenvalue weighted by Crippen LogP contribution is 2.27. The Morgan fingerprint density at radius 2 is 2.04 bits per heavy atom. The molecule has 25 heavy (non-hydrogen) atoms. The van der Waals surface area contributed by atoms with Gasteiger partial charge in [-0.1, -0.05) is 19.3 Å². The largest absolute Gasteiger partial charge is 0.450 e. The van der Waals surface area contributed by atoms with Gasteiger partial charge in [-0.05, 0) is 24.4 Å². The number of quaternary nitrogens is 1. The number of carbonyl (C=O) groups is 2. The van der Waals surface area contributed by atoms with Crippen molar-refractivity contribution >= 4 is 17.9 Å². The topological polar surface area (TPSA) is 103 Å². The zero-order valence-electron chi connectivity index (χ0n) is 14.7. The maximum Gasteiger partial charge on any atom is 0.410 e. The van der Waals surface area contributed by atoms with E-state index in [0.29, 0.717) is 32.8 Å². The maximum atomic E-state index is 13.4. The summed E-state index contributed by atoms with van der Waals surface area (Å²) in [6.07, 6.45) is 6.39. The second kappa shape index (κ2) is 7.38. The number of amides is 2. The zero-order chi connectivity index (χ0) is 17.9. The third-order valence-electron chi connectivity index (χ3n) is 5.24. The standard InChI is InChI=1S/C16H27N5O4/c1-2-24-16(23)19-8-10-21(11-9-19,20-12-14(17)25-18-20)15(22)13-6-4-3-5-7-13/h12-13H,2-11,17H2,1H3/q+2. The molecular weight excluding hydrogens is 326 g/mol. The molecular formula is C16H27N5O4+2. The minimum Gasteiger partial charge on any atom is -0.450 e. The second-order valence-electron chi connectivity index (χ2n) is 6.75. The Morgan fingerprint density at radius 1 is 1.36 bits per heavy atom. The summed E-state index contributed by atoms with van der Waals surface area (Å²) in [5.74, 6) is 0.330. The fraction of sp³-hybridized carbons (Fsp3) is 0.750. The Kier molecular flexibility index (Phi) is 5.22. The van der Waals surface area contributed by atoms with Crippen LogP contribution in [0.1, 0.15) is 39.0 Å². The molecule has 2 fully saturated rings. The van der Waals surface area contributed by atoms with Crippen molar-refractivity contribution in [3.8, 4) is 0 Å². The summed E-state index contributed by atoms with van der Waals surface area (Å²) >= 11 is 0. The third kappa shape index (κ3) is 3.46. The van der Waals surface area contributed by atoms with E-state index in [1.165, 1.54) is 11.2 Å². The van der Waals surface area contributed by atoms with Crippen molar-refractivity contribution in [2.24, 2.45) is 5.92 Å². The lowest BCUT2D eigenvalue weighted by Gasteiger charge is -2.35. The molecule has 1 aliphatic heterocycles. The normalized spacial score (nSPS) is 21.1. The fourth-order valence-corrected chi connectivity index (χ4v) is 3.84. The number of ether oxygens (including phenoxy) is 1. The van der Waals surface area contributed by atoms with Gasteiger partial charge in [0.2, 0.25) is 0 Å². The predicted octanol–water partition coefficient (Wildman–Crippen LogP) is 0.562. The lowest BCUT2D eigenvalue weighted by atomic mass is 9.88. The highest BCUT2D eigenvalue weighted by atomic mass is 16.6. The first-order valence-electron chi connectivity index (χ1n) is 9.05. The Labute approximate surface area is 146 Å². The first-order chi connectivity index (χ1) is 12.1. The van der Waals surface area contributed by atoms with Gasteiger partial charge in [0.25, 0.3) is 5.27 Å². The summed E-state index contributed by atoms with van der Waals surface area (Å²) in [5.41, 5.74) is 5.68. The van der Waals surface area contributed by atoms with Crippen LogP contribution in [0, 0.1) is 5.92 Å². The molecule has 0 aromatic carbocycles. The molecule has 2 heterocycles. The molecule has 0 unspecified atom stereocenters. The lowest BCUT2D eigenvalue weighted by Crippen LogP contribution is -2.84. The molecule has 0 radical (unpaired) electrons. The number of rotatable bonds is 3. The molecule has 9 heteroatoms. The SMILES string of the molecule is CCOC(=O)N1CC[N+](C(=O)C2CCCCC2)([n+]2cc(N)on2)CC1. The molecule has 0 spiro atoms. The number of hydrogen-bond acceptors (Lipinski definition) is 6. The maximum absolute atomic E-state index is 13.4. The number of carbonyl (C=O) groups excluding carboxylic acids is 2. The molecule has 2 N–H and O–H groups in total. The Morgan fingerprint density at radius 3 is 2.60 bits per heavy atom. The van der Waals surface area contributed by atoms with Gasteiger partial charge < -0.3 is 10.5 Å². The molecule has 138 valence electrons. The van der Waals surface area contributed by atoms with E-state index in [2.05, 4.69) is 5.27 Å². The van der Waals surface area contributed by atoms with Crippen molar-refractivity contribution in [2.75, 3.05) is 38.5 Å². The fourth-order valence-electron chi connectivity index (χ4n) is 3.84. The van der Waals surface area contributed by atoms with Crippen LogP contribution in [0.15, 0.2) is 10.7 Å². The molecule has 0 bridgehead atoms. The van der Waals surface area contributed by atoms with Gasteiger partial charge in [0.15, 0.2) is 13.1 Å². The number of nitrogens with two attached hydrogens (primary N) is 1. The molecule has 1 saturated heterocycles. The lowest BCUT2D eigenvalue weighted by molar-refractivity contribution is -0.862. The highest BCUT2D eigenvalue weighted by molar-refractivity contribution is 5.83. The highest BCUT2D eigenvalue weighted by Gasteiger charge is 2.55. The van der Waals surface area contributed by atoms with Gasteiger partial charge in [0.1, 0.15) is 4.79 Å². The van der Waals surface area contributed by atoms with Crippen LogP contribution < -0.4 is 15.1 Å². The molecule has 1 saturated carbocycles. The minimum absolute atomic E-state index is 0.0216. The number of hydrogen-bond donors (Lipinski definition) is 1. The van der Waals surface area contributed by atoms with Gasteiger partial charge in [-0.3, -0.25) is 9.42 Å². The van der Waals surface area contributed by atoms with Crippen molar-refractivity contribution < 1.29 is 23.6 Å². The number of anilines is 1. The number of aromatic nitrogens is 2. The minimum atomic E-state index is -0.338. The van der Waals surface area contributed by atoms with Crippen LogP contribution in [0.25, 0.3) is 0 Å². The summed E-state index contributed by atoms with van der Waals surface area (Å²) in [6, 6.07) is 0. The summed E-state index contributed by atoms with van der Waals surface area (Å²) < 4.78 is 10.1. The molecule has 0 atom stereocenters. The van der Waals surface area contributed by atoms with Gasteiger partial charge in [-0.25, -0.2) is 9.59 Å². The Hall–Kier alpha value is -2.16. The summed E-state index contributed by atoms with van der Waals surface area (Å²) in [6.45, 7) is 3.84. The van der Waals surface area contributed by atoms with Crippen molar-refractivity contribution in [1.29, 1.82) is 0 Å². The summed E-state index contributed by atoms with van der Waals surface area (Å²) in [4.78, 5) is 28.5. The van der Waals surface area contributed by atoms with E-state index < -0.39 is 0 Å². The molecule has 9 nitrogen and oxygen atoms in total. The van der Waals surface area contributed by atoms with Gasteiger partial charge in [0, 0.05) is 0 Å². The summed E-state index contributed by atoms with van der Waals surface area (Å²) in [5, 5.41) is 3.97. The molecule has 1 aromatic rings. The molecule has 2 aliphatic rings. The van der Waals surface area contributed by atoms with Gasteiger partial charge in [0.05, 0.1) is 25.6 Å². The quantitative estimate of drug-likeness (QED) is 0.629. The van der Waals surface area contributed by atoms with Crippen molar-refractivity contribution in [2.45, 2.75) is 39.0 Å². The average Bonchev–Trinajstić information content (AvgIpc) is 3.09. The smallest absolute Gasteiger partial charge is 0.410 e. The number of nitrogens with zero attached hydrogens (tertiary/aromatic N) is 4. The summed E-state index contributed by atoms with van der Waals surface area (Å²) in [7, 11) is 0. The van der Waals surface area contributed by atoms with Gasteiger partial charge in [-0.2, -0.15) is 0 Å². The molecule has 3 rings (SSSR count). The predicted molar refractivity (Wildman–Crippen MR) is 88.6 cm³/mol. The van der Waals surface area contributed by atoms with Crippen LogP contribution in [0.4, 0.5) is 10.7 Å².